The normalized spacial score (nSPS) is 22.0. The minimum atomic E-state index is -0.0118. The van der Waals surface area contributed by atoms with Gasteiger partial charge in [-0.15, -0.1) is 0 Å². The van der Waals surface area contributed by atoms with E-state index in [1.807, 2.05) is 57.1 Å². The van der Waals surface area contributed by atoms with Crippen molar-refractivity contribution in [2.24, 2.45) is 9.98 Å². The van der Waals surface area contributed by atoms with Gasteiger partial charge in [-0.05, 0) is 45.4 Å². The first kappa shape index (κ1) is 24.6. The third-order valence-corrected chi connectivity index (χ3v) is 6.26. The Morgan fingerprint density at radius 3 is 2.06 bits per heavy atom. The lowest BCUT2D eigenvalue weighted by molar-refractivity contribution is -0.110. The van der Waals surface area contributed by atoms with E-state index in [0.717, 1.165) is 43.0 Å². The molecule has 1 fully saturated rings. The van der Waals surface area contributed by atoms with E-state index in [9.17, 15) is 4.79 Å². The van der Waals surface area contributed by atoms with Crippen LogP contribution in [0.2, 0.25) is 0 Å². The first-order chi connectivity index (χ1) is 15.8. The molecular formula is C27H37N5O. The number of anilines is 1. The first-order valence-corrected chi connectivity index (χ1v) is 11.7. The van der Waals surface area contributed by atoms with E-state index < -0.39 is 0 Å². The maximum absolute atomic E-state index is 13.6. The third kappa shape index (κ3) is 5.17. The number of ketones is 1. The predicted octanol–water partition coefficient (Wildman–Crippen LogP) is 4.06. The van der Waals surface area contributed by atoms with Crippen molar-refractivity contribution < 1.29 is 4.79 Å². The monoisotopic (exact) mass is 447 g/mol. The van der Waals surface area contributed by atoms with Crippen LogP contribution >= 0.6 is 0 Å². The van der Waals surface area contributed by atoms with E-state index in [1.165, 1.54) is 5.69 Å². The largest absolute Gasteiger partial charge is 0.369 e. The summed E-state index contributed by atoms with van der Waals surface area (Å²) < 4.78 is 0. The molecule has 1 aromatic rings. The lowest BCUT2D eigenvalue weighted by atomic mass is 9.81. The van der Waals surface area contributed by atoms with Crippen molar-refractivity contribution in [3.63, 3.8) is 0 Å². The number of carbonyl (C=O) groups excluding carboxylic acids is 1. The molecule has 6 heteroatoms. The smallest absolute Gasteiger partial charge is 0.196 e. The van der Waals surface area contributed by atoms with E-state index in [4.69, 9.17) is 4.99 Å². The molecule has 0 atom stereocenters. The lowest BCUT2D eigenvalue weighted by Gasteiger charge is -2.38. The van der Waals surface area contributed by atoms with Crippen LogP contribution < -0.4 is 4.90 Å². The number of piperazine rings is 1. The molecule has 0 radical (unpaired) electrons. The molecular weight excluding hydrogens is 410 g/mol. The second-order valence-corrected chi connectivity index (χ2v) is 8.90. The van der Waals surface area contributed by atoms with E-state index in [-0.39, 0.29) is 5.78 Å². The zero-order chi connectivity index (χ0) is 24.1. The molecule has 0 amide bonds. The van der Waals surface area contributed by atoms with Gasteiger partial charge in [0.25, 0.3) is 0 Å². The number of hydrogen-bond donors (Lipinski definition) is 0. The van der Waals surface area contributed by atoms with Gasteiger partial charge in [0.05, 0.1) is 17.6 Å². The van der Waals surface area contributed by atoms with Crippen LogP contribution in [0, 0.1) is 0 Å². The van der Waals surface area contributed by atoms with E-state index in [1.54, 1.807) is 13.4 Å². The summed E-state index contributed by atoms with van der Waals surface area (Å²) in [5.41, 5.74) is 5.52. The van der Waals surface area contributed by atoms with Crippen molar-refractivity contribution in [2.75, 3.05) is 52.2 Å². The van der Waals surface area contributed by atoms with Crippen LogP contribution in [-0.4, -0.2) is 81.0 Å². The summed E-state index contributed by atoms with van der Waals surface area (Å²) in [6, 6.07) is 8.92. The fourth-order valence-corrected chi connectivity index (χ4v) is 4.45. The highest BCUT2D eigenvalue weighted by Gasteiger charge is 2.33. The topological polar surface area (TPSA) is 51.5 Å². The molecule has 1 saturated heterocycles. The number of hydrogen-bond acceptors (Lipinski definition) is 5. The Morgan fingerprint density at radius 1 is 0.970 bits per heavy atom. The van der Waals surface area contributed by atoms with Gasteiger partial charge in [0.2, 0.25) is 0 Å². The van der Waals surface area contributed by atoms with Gasteiger partial charge in [-0.1, -0.05) is 24.3 Å². The number of aliphatic imine (C=N–C) groups is 2. The number of carbonyl (C=O) groups is 1. The second kappa shape index (κ2) is 10.8. The molecule has 1 aliphatic carbocycles. The summed E-state index contributed by atoms with van der Waals surface area (Å²) in [4.78, 5) is 29.6. The average molecular weight is 448 g/mol. The Labute approximate surface area is 198 Å². The zero-order valence-electron chi connectivity index (χ0n) is 21.1. The zero-order valence-corrected chi connectivity index (χ0v) is 21.1. The van der Waals surface area contributed by atoms with Gasteiger partial charge in [0.1, 0.15) is 5.70 Å². The molecule has 1 heterocycles. The number of Topliss-reactive ketones (excluding diaryl/α,β-unsaturated/α-hetero) is 1. The molecule has 6 nitrogen and oxygen atoms in total. The molecule has 3 rings (SSSR count). The molecule has 0 aromatic heterocycles. The quantitative estimate of drug-likeness (QED) is 0.388. The second-order valence-electron chi connectivity index (χ2n) is 8.90. The molecule has 0 N–H and O–H groups in total. The average Bonchev–Trinajstić information content (AvgIpc) is 2.82. The minimum Gasteiger partial charge on any atom is -0.369 e. The molecule has 1 aliphatic heterocycles. The van der Waals surface area contributed by atoms with E-state index in [0.29, 0.717) is 22.9 Å². The number of nitrogens with zero attached hydrogens (tertiary/aromatic N) is 5. The highest BCUT2D eigenvalue weighted by atomic mass is 16.1. The van der Waals surface area contributed by atoms with Crippen LogP contribution in [0.1, 0.15) is 33.3 Å². The van der Waals surface area contributed by atoms with E-state index in [2.05, 4.69) is 40.8 Å². The van der Waals surface area contributed by atoms with Crippen molar-refractivity contribution in [3.05, 3.63) is 58.8 Å². The van der Waals surface area contributed by atoms with Gasteiger partial charge < -0.3 is 9.80 Å². The minimum absolute atomic E-state index is 0.0118. The Kier molecular flexibility index (Phi) is 8.03. The number of benzene rings is 1. The highest BCUT2D eigenvalue weighted by molar-refractivity contribution is 6.43. The van der Waals surface area contributed by atoms with E-state index >= 15 is 0 Å². The van der Waals surface area contributed by atoms with Crippen molar-refractivity contribution in [1.82, 2.24) is 9.80 Å². The molecule has 0 unspecified atom stereocenters. The molecule has 176 valence electrons. The summed E-state index contributed by atoms with van der Waals surface area (Å²) in [5.74, 6) is -0.0118. The Bertz CT molecular complexity index is 1020. The maximum atomic E-state index is 13.6. The van der Waals surface area contributed by atoms with Gasteiger partial charge in [-0.2, -0.15) is 0 Å². The van der Waals surface area contributed by atoms with Crippen LogP contribution in [-0.2, 0) is 4.79 Å². The third-order valence-electron chi connectivity index (χ3n) is 6.26. The summed E-state index contributed by atoms with van der Waals surface area (Å²) in [7, 11) is 5.59. The summed E-state index contributed by atoms with van der Waals surface area (Å²) in [6.45, 7) is 12.5. The number of rotatable bonds is 5. The van der Waals surface area contributed by atoms with Crippen molar-refractivity contribution in [3.8, 4) is 0 Å². The van der Waals surface area contributed by atoms with Gasteiger partial charge in [-0.25, -0.2) is 4.99 Å². The summed E-state index contributed by atoms with van der Waals surface area (Å²) in [6.07, 6.45) is 5.54. The SMILES string of the molecule is C/C=C1/C(=O)C(c2ccc(N3CCN(C(C)C)CC3)cc2)=C(N=CN(C)C)C(=NC)/C1=C/C. The van der Waals surface area contributed by atoms with Crippen LogP contribution in [0.25, 0.3) is 5.57 Å². The summed E-state index contributed by atoms with van der Waals surface area (Å²) in [5, 5.41) is 0. The van der Waals surface area contributed by atoms with Crippen LogP contribution in [0.3, 0.4) is 0 Å². The van der Waals surface area contributed by atoms with Gasteiger partial charge in [0.15, 0.2) is 5.78 Å². The molecule has 0 saturated carbocycles. The lowest BCUT2D eigenvalue weighted by Crippen LogP contribution is -2.48. The van der Waals surface area contributed by atoms with Crippen LogP contribution in [0.4, 0.5) is 5.69 Å². The molecule has 0 bridgehead atoms. The highest BCUT2D eigenvalue weighted by Crippen LogP contribution is 2.36. The maximum Gasteiger partial charge on any atom is 0.196 e. The summed E-state index contributed by atoms with van der Waals surface area (Å²) >= 11 is 0. The van der Waals surface area contributed by atoms with Gasteiger partial charge in [0, 0.05) is 70.2 Å². The van der Waals surface area contributed by atoms with Crippen LogP contribution in [0.5, 0.6) is 0 Å². The van der Waals surface area contributed by atoms with Crippen molar-refractivity contribution in [1.29, 1.82) is 0 Å². The standard InChI is InChI=1S/C27H37N5O/c1-8-22-23(9-2)27(33)24(26(25(22)28-5)29-18-30(6)7)20-10-12-21(13-11-20)32-16-14-31(15-17-32)19(3)4/h8-13,18-19H,14-17H2,1-7H3/b22-8+,23-9+,28-25?,29-18?. The Hall–Kier alpha value is -2.99. The predicted molar refractivity (Wildman–Crippen MR) is 140 cm³/mol. The van der Waals surface area contributed by atoms with Gasteiger partial charge >= 0.3 is 0 Å². The van der Waals surface area contributed by atoms with Gasteiger partial charge in [-0.3, -0.25) is 14.7 Å². The molecule has 1 aromatic carbocycles. The first-order valence-electron chi connectivity index (χ1n) is 11.7. The Balaban J connectivity index is 2.03. The molecule has 33 heavy (non-hydrogen) atoms. The van der Waals surface area contributed by atoms with Crippen molar-refractivity contribution >= 4 is 29.1 Å². The fourth-order valence-electron chi connectivity index (χ4n) is 4.45. The van der Waals surface area contributed by atoms with Crippen molar-refractivity contribution in [2.45, 2.75) is 33.7 Å². The number of allylic oxidation sites excluding steroid dienone is 5. The fraction of sp³-hybridized carbons (Fsp3) is 0.444. The Morgan fingerprint density at radius 2 is 1.58 bits per heavy atom. The van der Waals surface area contributed by atoms with Crippen LogP contribution in [0.15, 0.2) is 63.2 Å². The molecule has 2 aliphatic rings. The molecule has 0 spiro atoms.